The molecule has 0 aromatic rings. The van der Waals surface area contributed by atoms with Crippen molar-refractivity contribution in [2.24, 2.45) is 0 Å². The summed E-state index contributed by atoms with van der Waals surface area (Å²) in [4.78, 5) is 0. The molecular formula is HFNOP. The van der Waals surface area contributed by atoms with Crippen molar-refractivity contribution >= 4 is 7.90 Å². The average molecular weight is 81.0 g/mol. The quantitative estimate of drug-likeness (QED) is 0.440. The van der Waals surface area contributed by atoms with Crippen LogP contribution in [0.25, 0.3) is 0 Å². The lowest BCUT2D eigenvalue weighted by molar-refractivity contribution is 0.565. The van der Waals surface area contributed by atoms with Gasteiger partial charge in [-0.2, -0.15) is 0 Å². The van der Waals surface area contributed by atoms with Gasteiger partial charge < -0.3 is 0 Å². The summed E-state index contributed by atoms with van der Waals surface area (Å²) in [5, 5.41) is 5.43. The highest BCUT2D eigenvalue weighted by atomic mass is 31.1. The van der Waals surface area contributed by atoms with Gasteiger partial charge in [0, 0.05) is 0 Å². The highest BCUT2D eigenvalue weighted by molar-refractivity contribution is 7.25. The molecular weight excluding hydrogens is 80.0 g/mol. The van der Waals surface area contributed by atoms with Crippen molar-refractivity contribution in [1.82, 2.24) is 0 Å². The van der Waals surface area contributed by atoms with Crippen LogP contribution in [0.3, 0.4) is 0 Å². The predicted molar refractivity (Wildman–Crippen MR) is 11.4 cm³/mol. The van der Waals surface area contributed by atoms with Gasteiger partial charge in [0.2, 0.25) is 0 Å². The van der Waals surface area contributed by atoms with Crippen molar-refractivity contribution in [2.75, 3.05) is 0 Å². The third kappa shape index (κ3) is 43.6. The minimum atomic E-state index is -3.12. The SMILES string of the molecule is N=P(=O)F. The van der Waals surface area contributed by atoms with Gasteiger partial charge >= 0.3 is 7.90 Å². The van der Waals surface area contributed by atoms with Gasteiger partial charge in [-0.15, -0.1) is 4.20 Å². The monoisotopic (exact) mass is 81.0 g/mol. The Hall–Kier alpha value is -0.170. The van der Waals surface area contributed by atoms with E-state index < -0.39 is 7.90 Å². The van der Waals surface area contributed by atoms with Gasteiger partial charge in [-0.25, -0.2) is 9.73 Å². The second-order valence-corrected chi connectivity index (χ2v) is 0.734. The molecule has 0 aliphatic rings. The number of nitrogens with one attached hydrogen (secondary N) is 1. The molecule has 0 saturated carbocycles. The fourth-order valence-electron chi connectivity index (χ4n) is 0. The van der Waals surface area contributed by atoms with E-state index in [0.717, 1.165) is 0 Å². The summed E-state index contributed by atoms with van der Waals surface area (Å²) in [6.07, 6.45) is 0. The minimum Gasteiger partial charge on any atom is -0.226 e. The van der Waals surface area contributed by atoms with Gasteiger partial charge in [0.05, 0.1) is 0 Å². The Kier molecular flexibility index (Phi) is 1.13. The lowest BCUT2D eigenvalue weighted by Crippen LogP contribution is -0.950. The lowest BCUT2D eigenvalue weighted by atomic mass is 14.0. The maximum absolute atomic E-state index is 10.2. The first-order chi connectivity index (χ1) is 1.73. The van der Waals surface area contributed by atoms with Gasteiger partial charge in [0.1, 0.15) is 0 Å². The molecule has 0 bridgehead atoms. The smallest absolute Gasteiger partial charge is 0.226 e. The van der Waals surface area contributed by atoms with Crippen LogP contribution >= 0.6 is 7.90 Å². The van der Waals surface area contributed by atoms with Crippen LogP contribution in [0.2, 0.25) is 0 Å². The van der Waals surface area contributed by atoms with Crippen LogP contribution in [-0.2, 0) is 4.57 Å². The maximum atomic E-state index is 10.2. The largest absolute Gasteiger partial charge is 0.379 e. The Morgan fingerprint density at radius 2 is 2.00 bits per heavy atom. The van der Waals surface area contributed by atoms with Crippen molar-refractivity contribution in [3.8, 4) is 0 Å². The third-order valence-corrected chi connectivity index (χ3v) is 0. The first kappa shape index (κ1) is 3.83. The molecule has 4 heavy (non-hydrogen) atoms. The first-order valence-electron chi connectivity index (χ1n) is 0.575. The van der Waals surface area contributed by atoms with Crippen molar-refractivity contribution in [2.45, 2.75) is 0 Å². The van der Waals surface area contributed by atoms with Crippen LogP contribution in [0.5, 0.6) is 0 Å². The molecule has 1 atom stereocenters. The molecule has 0 heterocycles. The predicted octanol–water partition coefficient (Wildman–Crippen LogP) is 1.46. The van der Waals surface area contributed by atoms with Gasteiger partial charge in [-0.05, 0) is 0 Å². The molecule has 0 aliphatic carbocycles. The zero-order valence-corrected chi connectivity index (χ0v) is 2.63. The van der Waals surface area contributed by atoms with Gasteiger partial charge in [0.15, 0.2) is 0 Å². The van der Waals surface area contributed by atoms with E-state index in [9.17, 15) is 4.20 Å². The zero-order valence-electron chi connectivity index (χ0n) is 1.73. The fraction of sp³-hybridized carbons (Fsp3) is 0. The highest BCUT2D eigenvalue weighted by Crippen LogP contribution is 2.00. The molecule has 0 fully saturated rings. The second kappa shape index (κ2) is 1.18. The summed E-state index contributed by atoms with van der Waals surface area (Å²) in [6, 6.07) is 0. The topological polar surface area (TPSA) is 40.9 Å². The Balaban J connectivity index is 3.51. The van der Waals surface area contributed by atoms with Crippen LogP contribution in [-0.4, -0.2) is 0 Å². The first-order valence-corrected chi connectivity index (χ1v) is 1.73. The molecule has 0 rings (SSSR count). The maximum Gasteiger partial charge on any atom is 0.379 e. The summed E-state index contributed by atoms with van der Waals surface area (Å²) >= 11 is 0. The van der Waals surface area contributed by atoms with Crippen molar-refractivity contribution in [1.29, 1.82) is 5.16 Å². The Labute approximate surface area is 23.1 Å². The average Bonchev–Trinajstić information content (AvgIpc) is 0.811. The normalized spacial score (nSPS) is 10.8. The molecule has 0 spiro atoms. The van der Waals surface area contributed by atoms with E-state index in [2.05, 4.69) is 0 Å². The third-order valence-electron chi connectivity index (χ3n) is 0. The van der Waals surface area contributed by atoms with Crippen molar-refractivity contribution < 1.29 is 8.76 Å². The Bertz CT molecular complexity index is 56.4. The molecule has 0 radical (unpaired) electrons. The molecule has 1 N–H and O–H groups in total. The van der Waals surface area contributed by atoms with E-state index in [1.165, 1.54) is 0 Å². The van der Waals surface area contributed by atoms with E-state index in [-0.39, 0.29) is 0 Å². The molecule has 24 valence electrons. The fourth-order valence-corrected chi connectivity index (χ4v) is 0. The number of rotatable bonds is 0. The van der Waals surface area contributed by atoms with E-state index in [1.807, 2.05) is 0 Å². The summed E-state index contributed by atoms with van der Waals surface area (Å²) in [7, 11) is -3.12. The van der Waals surface area contributed by atoms with Crippen LogP contribution in [0.1, 0.15) is 0 Å². The lowest BCUT2D eigenvalue weighted by Gasteiger charge is -1.34. The molecule has 0 amide bonds. The summed E-state index contributed by atoms with van der Waals surface area (Å²) in [5.74, 6) is 0. The molecule has 0 saturated heterocycles. The molecule has 0 aromatic carbocycles. The van der Waals surface area contributed by atoms with Gasteiger partial charge in [0.25, 0.3) is 0 Å². The molecule has 2 nitrogen and oxygen atoms in total. The summed E-state index contributed by atoms with van der Waals surface area (Å²) in [5.41, 5.74) is 0. The Morgan fingerprint density at radius 3 is 2.00 bits per heavy atom. The van der Waals surface area contributed by atoms with E-state index in [1.54, 1.807) is 0 Å². The van der Waals surface area contributed by atoms with Crippen molar-refractivity contribution in [3.05, 3.63) is 0 Å². The molecule has 4 heteroatoms. The Morgan fingerprint density at radius 1 is 2.00 bits per heavy atom. The van der Waals surface area contributed by atoms with Gasteiger partial charge in [-0.1, -0.05) is 0 Å². The van der Waals surface area contributed by atoms with Crippen LogP contribution in [0.4, 0.5) is 4.20 Å². The molecule has 0 aromatic heterocycles. The second-order valence-electron chi connectivity index (χ2n) is 0.245. The molecule has 1 unspecified atom stereocenters. The summed E-state index contributed by atoms with van der Waals surface area (Å²) < 4.78 is 18.8. The number of halogens is 1. The van der Waals surface area contributed by atoms with Gasteiger partial charge in [-0.3, -0.25) is 0 Å². The summed E-state index contributed by atoms with van der Waals surface area (Å²) in [6.45, 7) is 0. The standard InChI is InChI=1S/FHNOP/c1-4(2)3/h2H. The van der Waals surface area contributed by atoms with E-state index >= 15 is 0 Å². The van der Waals surface area contributed by atoms with E-state index in [0.29, 0.717) is 0 Å². The van der Waals surface area contributed by atoms with Crippen LogP contribution < -0.4 is 0 Å². The van der Waals surface area contributed by atoms with E-state index in [4.69, 9.17) is 9.73 Å². The zero-order chi connectivity index (χ0) is 3.58. The van der Waals surface area contributed by atoms with Crippen LogP contribution in [0, 0.1) is 5.16 Å². The van der Waals surface area contributed by atoms with Crippen molar-refractivity contribution in [3.63, 3.8) is 0 Å². The number of hydrogen-bond acceptors (Lipinski definition) is 2. The number of hydrogen-bond donors (Lipinski definition) is 1. The minimum absolute atomic E-state index is 3.12. The molecule has 0 aliphatic heterocycles. The van der Waals surface area contributed by atoms with Crippen LogP contribution in [0.15, 0.2) is 0 Å². The highest BCUT2D eigenvalue weighted by Gasteiger charge is 1.54.